The van der Waals surface area contributed by atoms with Crippen LogP contribution in [-0.2, 0) is 0 Å². The molecule has 0 bridgehead atoms. The van der Waals surface area contributed by atoms with Gasteiger partial charge < -0.3 is 10.6 Å². The molecule has 1 aromatic heterocycles. The monoisotopic (exact) mass is 387 g/mol. The molecular formula is C19H22ClN5O2. The number of pyridine rings is 1. The van der Waals surface area contributed by atoms with Crippen LogP contribution in [0.4, 0.5) is 10.6 Å². The van der Waals surface area contributed by atoms with Crippen molar-refractivity contribution in [3.8, 4) is 0 Å². The number of anilines is 1. The minimum Gasteiger partial charge on any atom is -0.364 e. The first kappa shape index (κ1) is 19.1. The number of aromatic nitrogens is 1. The number of nitrogens with two attached hydrogens (primary N) is 1. The maximum atomic E-state index is 12.5. The molecule has 2 heterocycles. The lowest BCUT2D eigenvalue weighted by atomic mass is 10.1. The van der Waals surface area contributed by atoms with Gasteiger partial charge in [0.25, 0.3) is 5.91 Å². The number of halogens is 1. The number of urea groups is 1. The zero-order valence-electron chi connectivity index (χ0n) is 15.1. The Morgan fingerprint density at radius 3 is 2.41 bits per heavy atom. The summed E-state index contributed by atoms with van der Waals surface area (Å²) in [4.78, 5) is 31.8. The highest BCUT2D eigenvalue weighted by molar-refractivity contribution is 6.30. The summed E-state index contributed by atoms with van der Waals surface area (Å²) >= 11 is 5.95. The van der Waals surface area contributed by atoms with Crippen LogP contribution in [0.2, 0.25) is 5.02 Å². The Morgan fingerprint density at radius 2 is 1.78 bits per heavy atom. The lowest BCUT2D eigenvalue weighted by Crippen LogP contribution is -2.50. The summed E-state index contributed by atoms with van der Waals surface area (Å²) in [6.07, 6.45) is 0. The quantitative estimate of drug-likeness (QED) is 0.843. The molecule has 1 unspecified atom stereocenters. The van der Waals surface area contributed by atoms with Crippen molar-refractivity contribution in [1.82, 2.24) is 14.8 Å². The second-order valence-corrected chi connectivity index (χ2v) is 6.89. The van der Waals surface area contributed by atoms with Gasteiger partial charge in [0.2, 0.25) is 0 Å². The molecule has 142 valence electrons. The molecule has 1 atom stereocenters. The fourth-order valence-electron chi connectivity index (χ4n) is 3.09. The average Bonchev–Trinajstić information content (AvgIpc) is 2.68. The molecule has 3 amide bonds. The summed E-state index contributed by atoms with van der Waals surface area (Å²) < 4.78 is 0. The van der Waals surface area contributed by atoms with E-state index in [4.69, 9.17) is 17.3 Å². The third kappa shape index (κ3) is 4.75. The number of rotatable bonds is 4. The van der Waals surface area contributed by atoms with Crippen LogP contribution in [0.5, 0.6) is 0 Å². The minimum atomic E-state index is -0.629. The highest BCUT2D eigenvalue weighted by Gasteiger charge is 2.25. The third-order valence-corrected chi connectivity index (χ3v) is 4.99. The average molecular weight is 388 g/mol. The second-order valence-electron chi connectivity index (χ2n) is 6.45. The summed E-state index contributed by atoms with van der Waals surface area (Å²) in [5.74, 6) is -0.316. The van der Waals surface area contributed by atoms with E-state index < -0.39 is 5.91 Å². The Labute approximate surface area is 163 Å². The van der Waals surface area contributed by atoms with Crippen molar-refractivity contribution in [2.45, 2.75) is 13.0 Å². The number of hydrogen-bond donors (Lipinski definition) is 2. The van der Waals surface area contributed by atoms with Crippen molar-refractivity contribution in [2.24, 2.45) is 5.73 Å². The van der Waals surface area contributed by atoms with Gasteiger partial charge in [-0.1, -0.05) is 29.8 Å². The van der Waals surface area contributed by atoms with Crippen molar-refractivity contribution in [3.63, 3.8) is 0 Å². The van der Waals surface area contributed by atoms with Gasteiger partial charge in [-0.05, 0) is 36.8 Å². The fourth-order valence-corrected chi connectivity index (χ4v) is 3.22. The minimum absolute atomic E-state index is 0.120. The lowest BCUT2D eigenvalue weighted by Gasteiger charge is -2.38. The van der Waals surface area contributed by atoms with Crippen LogP contribution in [-0.4, -0.2) is 52.9 Å². The van der Waals surface area contributed by atoms with E-state index in [1.807, 2.05) is 24.3 Å². The number of primary amides is 1. The Morgan fingerprint density at radius 1 is 1.11 bits per heavy atom. The van der Waals surface area contributed by atoms with Crippen LogP contribution in [0.25, 0.3) is 0 Å². The maximum absolute atomic E-state index is 12.5. The molecule has 3 rings (SSSR count). The van der Waals surface area contributed by atoms with E-state index in [1.54, 1.807) is 17.0 Å². The van der Waals surface area contributed by atoms with Gasteiger partial charge >= 0.3 is 6.03 Å². The topological polar surface area (TPSA) is 91.6 Å². The second kappa shape index (κ2) is 8.37. The summed E-state index contributed by atoms with van der Waals surface area (Å²) in [6, 6.07) is 12.6. The van der Waals surface area contributed by atoms with Gasteiger partial charge in [0.15, 0.2) is 0 Å². The van der Waals surface area contributed by atoms with Crippen LogP contribution < -0.4 is 11.1 Å². The van der Waals surface area contributed by atoms with Crippen molar-refractivity contribution in [1.29, 1.82) is 0 Å². The smallest absolute Gasteiger partial charge is 0.323 e. The molecule has 1 aliphatic heterocycles. The Hall–Kier alpha value is -2.64. The van der Waals surface area contributed by atoms with Gasteiger partial charge in [0, 0.05) is 37.2 Å². The highest BCUT2D eigenvalue weighted by atomic mass is 35.5. The van der Waals surface area contributed by atoms with E-state index in [0.29, 0.717) is 18.9 Å². The van der Waals surface area contributed by atoms with E-state index in [-0.39, 0.29) is 17.8 Å². The number of carbonyl (C=O) groups is 2. The van der Waals surface area contributed by atoms with Gasteiger partial charge in [-0.25, -0.2) is 9.78 Å². The summed E-state index contributed by atoms with van der Waals surface area (Å²) in [5, 5.41) is 3.45. The molecule has 8 heteroatoms. The predicted molar refractivity (Wildman–Crippen MR) is 105 cm³/mol. The molecule has 0 aliphatic carbocycles. The third-order valence-electron chi connectivity index (χ3n) is 4.74. The first-order chi connectivity index (χ1) is 12.9. The van der Waals surface area contributed by atoms with Crippen LogP contribution in [0.1, 0.15) is 29.0 Å². The van der Waals surface area contributed by atoms with E-state index in [2.05, 4.69) is 22.1 Å². The van der Waals surface area contributed by atoms with Crippen molar-refractivity contribution in [2.75, 3.05) is 31.5 Å². The number of carbonyl (C=O) groups excluding carboxylic acids is 2. The molecule has 1 fully saturated rings. The van der Waals surface area contributed by atoms with Crippen molar-refractivity contribution >= 4 is 29.4 Å². The molecule has 7 nitrogen and oxygen atoms in total. The Balaban J connectivity index is 1.55. The van der Waals surface area contributed by atoms with Gasteiger partial charge in [0.05, 0.1) is 0 Å². The maximum Gasteiger partial charge on any atom is 0.323 e. The number of hydrogen-bond acceptors (Lipinski definition) is 4. The molecule has 1 saturated heterocycles. The number of piperazine rings is 1. The standard InChI is InChI=1S/C19H22ClN5O2/c1-13(14-5-7-15(20)8-6-14)24-9-11-25(12-10-24)19(27)23-17-4-2-3-16(22-17)18(21)26/h2-8,13H,9-12H2,1H3,(H2,21,26)(H,22,23,27). The van der Waals surface area contributed by atoms with E-state index in [1.165, 1.54) is 11.6 Å². The van der Waals surface area contributed by atoms with Crippen LogP contribution in [0.15, 0.2) is 42.5 Å². The molecule has 1 aliphatic rings. The van der Waals surface area contributed by atoms with Crippen LogP contribution >= 0.6 is 11.6 Å². The fraction of sp³-hybridized carbons (Fsp3) is 0.316. The Kier molecular flexibility index (Phi) is 5.93. The van der Waals surface area contributed by atoms with Gasteiger partial charge in [0.1, 0.15) is 11.5 Å². The SMILES string of the molecule is CC(c1ccc(Cl)cc1)N1CCN(C(=O)Nc2cccc(C(N)=O)n2)CC1. The molecule has 0 spiro atoms. The molecular weight excluding hydrogens is 366 g/mol. The zero-order valence-corrected chi connectivity index (χ0v) is 15.8. The van der Waals surface area contributed by atoms with Gasteiger partial charge in [-0.15, -0.1) is 0 Å². The van der Waals surface area contributed by atoms with Gasteiger partial charge in [-0.3, -0.25) is 15.0 Å². The Bertz CT molecular complexity index is 819. The van der Waals surface area contributed by atoms with E-state index in [0.717, 1.165) is 18.1 Å². The van der Waals surface area contributed by atoms with Gasteiger partial charge in [-0.2, -0.15) is 0 Å². The predicted octanol–water partition coefficient (Wildman–Crippen LogP) is 2.74. The van der Waals surface area contributed by atoms with Crippen molar-refractivity contribution in [3.05, 3.63) is 58.7 Å². The number of benzene rings is 1. The van der Waals surface area contributed by atoms with E-state index in [9.17, 15) is 9.59 Å². The highest BCUT2D eigenvalue weighted by Crippen LogP contribution is 2.23. The first-order valence-electron chi connectivity index (χ1n) is 8.76. The summed E-state index contributed by atoms with van der Waals surface area (Å²) in [5.41, 5.74) is 6.54. The molecule has 0 saturated carbocycles. The van der Waals surface area contributed by atoms with Crippen molar-refractivity contribution < 1.29 is 9.59 Å². The number of nitrogens with one attached hydrogen (secondary N) is 1. The molecule has 3 N–H and O–H groups in total. The van der Waals surface area contributed by atoms with Crippen LogP contribution in [0, 0.1) is 0 Å². The largest absolute Gasteiger partial charge is 0.364 e. The van der Waals surface area contributed by atoms with E-state index >= 15 is 0 Å². The molecule has 2 aromatic rings. The summed E-state index contributed by atoms with van der Waals surface area (Å²) in [6.45, 7) is 4.91. The normalized spacial score (nSPS) is 16.0. The molecule has 0 radical (unpaired) electrons. The number of amides is 3. The lowest BCUT2D eigenvalue weighted by molar-refractivity contribution is 0.0995. The van der Waals surface area contributed by atoms with Crippen LogP contribution in [0.3, 0.4) is 0 Å². The summed E-state index contributed by atoms with van der Waals surface area (Å²) in [7, 11) is 0. The number of nitrogens with zero attached hydrogens (tertiary/aromatic N) is 3. The zero-order chi connectivity index (χ0) is 19.4. The first-order valence-corrected chi connectivity index (χ1v) is 9.14. The molecule has 27 heavy (non-hydrogen) atoms. The molecule has 1 aromatic carbocycles.